The summed E-state index contributed by atoms with van der Waals surface area (Å²) < 4.78 is 11.4. The molecule has 5 heteroatoms. The van der Waals surface area contributed by atoms with Crippen LogP contribution in [-0.2, 0) is 4.74 Å². The Labute approximate surface area is 178 Å². The molecule has 4 aromatic carbocycles. The van der Waals surface area contributed by atoms with Crippen molar-refractivity contribution in [3.8, 4) is 17.2 Å². The molecule has 0 amide bonds. The number of rotatable bonds is 5. The van der Waals surface area contributed by atoms with E-state index in [1.807, 2.05) is 43.3 Å². The molecule has 5 rings (SSSR count). The second-order valence-electron chi connectivity index (χ2n) is 7.57. The van der Waals surface area contributed by atoms with Gasteiger partial charge in [0.15, 0.2) is 5.58 Å². The first kappa shape index (κ1) is 19.1. The smallest absolute Gasteiger partial charge is 0.338 e. The minimum absolute atomic E-state index is 0.0710. The Morgan fingerprint density at radius 2 is 1.84 bits per heavy atom. The summed E-state index contributed by atoms with van der Waals surface area (Å²) in [6.45, 7) is 2.46. The fourth-order valence-electron chi connectivity index (χ4n) is 3.75. The summed E-state index contributed by atoms with van der Waals surface area (Å²) >= 11 is 0. The van der Waals surface area contributed by atoms with Crippen molar-refractivity contribution in [2.24, 2.45) is 0 Å². The molecule has 5 nitrogen and oxygen atoms in total. The van der Waals surface area contributed by atoms with E-state index in [2.05, 4.69) is 4.98 Å². The molecule has 154 valence electrons. The van der Waals surface area contributed by atoms with E-state index < -0.39 is 0 Å². The van der Waals surface area contributed by atoms with Crippen LogP contribution in [0, 0.1) is 0 Å². The number of hydrogen-bond donors (Lipinski definition) is 1. The molecule has 1 heterocycles. The van der Waals surface area contributed by atoms with Gasteiger partial charge >= 0.3 is 5.97 Å². The van der Waals surface area contributed by atoms with Crippen LogP contribution >= 0.6 is 0 Å². The number of oxazole rings is 1. The van der Waals surface area contributed by atoms with E-state index in [9.17, 15) is 9.90 Å². The van der Waals surface area contributed by atoms with E-state index in [0.717, 1.165) is 39.9 Å². The molecule has 0 aliphatic heterocycles. The Morgan fingerprint density at radius 3 is 2.71 bits per heavy atom. The summed E-state index contributed by atoms with van der Waals surface area (Å²) in [4.78, 5) is 16.9. The molecule has 5 aromatic rings. The first-order chi connectivity index (χ1) is 15.1. The molecule has 0 saturated heterocycles. The lowest BCUT2D eigenvalue weighted by Crippen LogP contribution is -2.06. The van der Waals surface area contributed by atoms with Crippen LogP contribution < -0.4 is 0 Å². The molecule has 0 aliphatic carbocycles. The number of esters is 1. The molecule has 1 aromatic heterocycles. The van der Waals surface area contributed by atoms with Gasteiger partial charge in [-0.05, 0) is 52.9 Å². The van der Waals surface area contributed by atoms with Crippen molar-refractivity contribution >= 4 is 38.6 Å². The molecule has 0 bridgehead atoms. The number of fused-ring (bicyclic) bond motifs is 4. The molecule has 0 aliphatic rings. The number of benzene rings is 4. The number of phenolic OH excluding ortho intramolecular Hbond substituents is 1. The minimum atomic E-state index is -0.349. The second kappa shape index (κ2) is 7.76. The van der Waals surface area contributed by atoms with E-state index in [-0.39, 0.29) is 11.7 Å². The highest BCUT2D eigenvalue weighted by Crippen LogP contribution is 2.36. The number of unbranched alkanes of at least 4 members (excludes halogenated alkanes) is 1. The van der Waals surface area contributed by atoms with E-state index >= 15 is 0 Å². The Bertz CT molecular complexity index is 1430. The Hall–Kier alpha value is -3.86. The number of nitrogens with zero attached hydrogens (tertiary/aromatic N) is 1. The van der Waals surface area contributed by atoms with Crippen molar-refractivity contribution in [2.45, 2.75) is 19.8 Å². The van der Waals surface area contributed by atoms with Crippen LogP contribution in [0.3, 0.4) is 0 Å². The van der Waals surface area contributed by atoms with Gasteiger partial charge in [-0.15, -0.1) is 0 Å². The summed E-state index contributed by atoms with van der Waals surface area (Å²) in [6.07, 6.45) is 1.80. The SMILES string of the molecule is CCCCOC(=O)c1ccc2cc(O)c(-c3nc4ccc5ccccc5c4o3)cc2c1. The van der Waals surface area contributed by atoms with Crippen molar-refractivity contribution < 1.29 is 19.1 Å². The Morgan fingerprint density at radius 1 is 1.00 bits per heavy atom. The van der Waals surface area contributed by atoms with Crippen LogP contribution in [0.15, 0.2) is 71.1 Å². The molecule has 0 fully saturated rings. The predicted molar refractivity (Wildman–Crippen MR) is 121 cm³/mol. The average Bonchev–Trinajstić information content (AvgIpc) is 3.23. The molecule has 0 saturated carbocycles. The van der Waals surface area contributed by atoms with Gasteiger partial charge < -0.3 is 14.3 Å². The van der Waals surface area contributed by atoms with Gasteiger partial charge in [-0.25, -0.2) is 9.78 Å². The predicted octanol–water partition coefficient (Wildman–Crippen LogP) is 6.46. The van der Waals surface area contributed by atoms with Crippen LogP contribution in [-0.4, -0.2) is 22.7 Å². The summed E-state index contributed by atoms with van der Waals surface area (Å²) in [7, 11) is 0. The molecular weight excluding hydrogens is 390 g/mol. The zero-order valence-electron chi connectivity index (χ0n) is 17.1. The number of hydrogen-bond acceptors (Lipinski definition) is 5. The van der Waals surface area contributed by atoms with Crippen LogP contribution in [0.25, 0.3) is 44.1 Å². The quantitative estimate of drug-likeness (QED) is 0.265. The highest BCUT2D eigenvalue weighted by molar-refractivity contribution is 6.04. The van der Waals surface area contributed by atoms with Crippen LogP contribution in [0.2, 0.25) is 0 Å². The maximum atomic E-state index is 12.3. The van der Waals surface area contributed by atoms with Crippen LogP contribution in [0.4, 0.5) is 0 Å². The van der Waals surface area contributed by atoms with E-state index in [1.165, 1.54) is 0 Å². The zero-order valence-corrected chi connectivity index (χ0v) is 17.1. The number of aromatic nitrogens is 1. The van der Waals surface area contributed by atoms with Crippen molar-refractivity contribution in [1.29, 1.82) is 0 Å². The number of carbonyl (C=O) groups excluding carboxylic acids is 1. The normalized spacial score (nSPS) is 11.4. The molecule has 1 N–H and O–H groups in total. The lowest BCUT2D eigenvalue weighted by molar-refractivity contribution is 0.0500. The number of ether oxygens (including phenoxy) is 1. The highest BCUT2D eigenvalue weighted by atomic mass is 16.5. The van der Waals surface area contributed by atoms with Gasteiger partial charge in [0.05, 0.1) is 17.7 Å². The summed E-state index contributed by atoms with van der Waals surface area (Å²) in [5.74, 6) is 0.0571. The van der Waals surface area contributed by atoms with Crippen LogP contribution in [0.5, 0.6) is 5.75 Å². The van der Waals surface area contributed by atoms with Gasteiger partial charge in [0.2, 0.25) is 5.89 Å². The lowest BCUT2D eigenvalue weighted by Gasteiger charge is -2.07. The molecule has 0 unspecified atom stereocenters. The third-order valence-electron chi connectivity index (χ3n) is 5.43. The van der Waals surface area contributed by atoms with Gasteiger partial charge in [0.25, 0.3) is 0 Å². The fraction of sp³-hybridized carbons (Fsp3) is 0.154. The maximum absolute atomic E-state index is 12.3. The van der Waals surface area contributed by atoms with Crippen molar-refractivity contribution in [1.82, 2.24) is 4.98 Å². The van der Waals surface area contributed by atoms with Crippen molar-refractivity contribution in [3.63, 3.8) is 0 Å². The first-order valence-electron chi connectivity index (χ1n) is 10.4. The Kier molecular flexibility index (Phi) is 4.79. The van der Waals surface area contributed by atoms with E-state index in [4.69, 9.17) is 9.15 Å². The largest absolute Gasteiger partial charge is 0.507 e. The zero-order chi connectivity index (χ0) is 21.4. The van der Waals surface area contributed by atoms with Gasteiger partial charge in [0, 0.05) is 5.39 Å². The van der Waals surface area contributed by atoms with Crippen molar-refractivity contribution in [2.75, 3.05) is 6.61 Å². The molecule has 0 spiro atoms. The third kappa shape index (κ3) is 3.48. The van der Waals surface area contributed by atoms with Gasteiger partial charge in [0.1, 0.15) is 11.3 Å². The highest BCUT2D eigenvalue weighted by Gasteiger charge is 2.16. The Balaban J connectivity index is 1.58. The summed E-state index contributed by atoms with van der Waals surface area (Å²) in [5, 5.41) is 14.3. The van der Waals surface area contributed by atoms with Crippen LogP contribution in [0.1, 0.15) is 30.1 Å². The molecule has 0 radical (unpaired) electrons. The molecular formula is C26H21NO4. The van der Waals surface area contributed by atoms with E-state index in [1.54, 1.807) is 30.3 Å². The monoisotopic (exact) mass is 411 g/mol. The number of carbonyl (C=O) groups is 1. The minimum Gasteiger partial charge on any atom is -0.507 e. The van der Waals surface area contributed by atoms with E-state index in [0.29, 0.717) is 29.2 Å². The standard InChI is InChI=1S/C26H21NO4/c1-2-3-12-30-26(29)18-9-8-17-15-23(28)21(14-19(17)13-18)25-27-22-11-10-16-6-4-5-7-20(16)24(22)31-25/h4-11,13-15,28H,2-3,12H2,1H3. The lowest BCUT2D eigenvalue weighted by atomic mass is 10.0. The summed E-state index contributed by atoms with van der Waals surface area (Å²) in [6, 6.07) is 20.6. The third-order valence-corrected chi connectivity index (χ3v) is 5.43. The second-order valence-corrected chi connectivity index (χ2v) is 7.57. The van der Waals surface area contributed by atoms with Gasteiger partial charge in [-0.1, -0.05) is 49.7 Å². The van der Waals surface area contributed by atoms with Crippen molar-refractivity contribution in [3.05, 3.63) is 72.3 Å². The average molecular weight is 411 g/mol. The topological polar surface area (TPSA) is 72.6 Å². The maximum Gasteiger partial charge on any atom is 0.338 e. The fourth-order valence-corrected chi connectivity index (χ4v) is 3.75. The molecule has 31 heavy (non-hydrogen) atoms. The summed E-state index contributed by atoms with van der Waals surface area (Å²) in [5.41, 5.74) is 2.36. The number of aromatic hydroxyl groups is 1. The first-order valence-corrected chi connectivity index (χ1v) is 10.4. The van der Waals surface area contributed by atoms with Gasteiger partial charge in [-0.2, -0.15) is 0 Å². The molecule has 0 atom stereocenters. The number of phenols is 1. The van der Waals surface area contributed by atoms with Gasteiger partial charge in [-0.3, -0.25) is 0 Å².